The standard InChI is InChI=1S/C48H41N/c1-2-37(38-16-7-3-8-17-38)22-15-35-49(45-23-13-6-14-24-45)46-33-34-47(48(36-46)43-20-11-5-12-21-43)44-31-29-42(30-32-44)41-27-25-40(26-28-41)39-18-9-4-10-19-39/h2-11,13-20,22-27,29-36,41H,1,12,21,28H2/b35-15+,37-22+. The van der Waals surface area contributed by atoms with Gasteiger partial charge in [0.2, 0.25) is 0 Å². The van der Waals surface area contributed by atoms with Crippen molar-refractivity contribution in [3.8, 4) is 11.1 Å². The maximum atomic E-state index is 4.07. The molecular formula is C48H41N. The van der Waals surface area contributed by atoms with E-state index in [0.29, 0.717) is 5.92 Å². The molecule has 0 aliphatic heterocycles. The smallest absolute Gasteiger partial charge is 0.0461 e. The van der Waals surface area contributed by atoms with Gasteiger partial charge in [-0.05, 0) is 99.7 Å². The van der Waals surface area contributed by atoms with Crippen LogP contribution in [0, 0.1) is 0 Å². The molecule has 0 radical (unpaired) electrons. The molecule has 2 aliphatic rings. The molecule has 5 aromatic carbocycles. The van der Waals surface area contributed by atoms with Gasteiger partial charge in [0.1, 0.15) is 0 Å². The Bertz CT molecular complexity index is 2070. The summed E-state index contributed by atoms with van der Waals surface area (Å²) in [5.41, 5.74) is 13.5. The van der Waals surface area contributed by atoms with Gasteiger partial charge in [-0.2, -0.15) is 0 Å². The van der Waals surface area contributed by atoms with Crippen LogP contribution in [0.2, 0.25) is 0 Å². The number of hydrogen-bond acceptors (Lipinski definition) is 1. The first kappa shape index (κ1) is 31.7. The lowest BCUT2D eigenvalue weighted by atomic mass is 9.86. The van der Waals surface area contributed by atoms with Crippen LogP contribution < -0.4 is 4.90 Å². The van der Waals surface area contributed by atoms with Gasteiger partial charge >= 0.3 is 0 Å². The van der Waals surface area contributed by atoms with E-state index < -0.39 is 0 Å². The van der Waals surface area contributed by atoms with Crippen LogP contribution in [0.25, 0.3) is 27.8 Å². The van der Waals surface area contributed by atoms with Crippen molar-refractivity contribution < 1.29 is 0 Å². The Hall–Kier alpha value is -5.92. The molecule has 238 valence electrons. The highest BCUT2D eigenvalue weighted by molar-refractivity contribution is 5.86. The zero-order chi connectivity index (χ0) is 33.3. The molecule has 2 aliphatic carbocycles. The summed E-state index contributed by atoms with van der Waals surface area (Å²) in [6.07, 6.45) is 25.1. The second-order valence-corrected chi connectivity index (χ2v) is 12.5. The van der Waals surface area contributed by atoms with Crippen molar-refractivity contribution in [1.82, 2.24) is 0 Å². The van der Waals surface area contributed by atoms with Crippen molar-refractivity contribution in [2.45, 2.75) is 25.2 Å². The zero-order valence-corrected chi connectivity index (χ0v) is 27.8. The van der Waals surface area contributed by atoms with E-state index in [-0.39, 0.29) is 0 Å². The van der Waals surface area contributed by atoms with E-state index in [1.807, 2.05) is 12.1 Å². The first-order valence-electron chi connectivity index (χ1n) is 17.2. The molecule has 1 unspecified atom stereocenters. The average Bonchev–Trinajstić information content (AvgIpc) is 3.19. The second kappa shape index (κ2) is 15.3. The Labute approximate surface area is 291 Å². The minimum absolute atomic E-state index is 0.387. The van der Waals surface area contributed by atoms with Crippen LogP contribution in [-0.2, 0) is 0 Å². The SMILES string of the molecule is C=C/C(=C\C=C\N(c1ccccc1)c1ccc(-c2ccc(C3C=CC(c4ccccc4)=CC3)cc2)c(C2=CC=CCC2)c1)c1ccccc1. The Balaban J connectivity index is 1.20. The van der Waals surface area contributed by atoms with Crippen LogP contribution in [-0.4, -0.2) is 0 Å². The number of rotatable bonds is 10. The fraction of sp³-hybridized carbons (Fsp3) is 0.0833. The molecule has 49 heavy (non-hydrogen) atoms. The van der Waals surface area contributed by atoms with Gasteiger partial charge in [0, 0.05) is 23.5 Å². The predicted octanol–water partition coefficient (Wildman–Crippen LogP) is 13.1. The molecule has 0 amide bonds. The molecule has 1 heteroatoms. The van der Waals surface area contributed by atoms with Crippen molar-refractivity contribution in [3.05, 3.63) is 223 Å². The highest BCUT2D eigenvalue weighted by Crippen LogP contribution is 2.39. The van der Waals surface area contributed by atoms with Gasteiger partial charge in [-0.15, -0.1) is 0 Å². The molecule has 0 heterocycles. The van der Waals surface area contributed by atoms with Crippen LogP contribution in [0.5, 0.6) is 0 Å². The van der Waals surface area contributed by atoms with Crippen molar-refractivity contribution in [2.24, 2.45) is 0 Å². The van der Waals surface area contributed by atoms with E-state index >= 15 is 0 Å². The van der Waals surface area contributed by atoms with Gasteiger partial charge in [0.05, 0.1) is 0 Å². The van der Waals surface area contributed by atoms with Gasteiger partial charge < -0.3 is 4.90 Å². The Morgan fingerprint density at radius 2 is 1.45 bits per heavy atom. The van der Waals surface area contributed by atoms with Gasteiger partial charge in [-0.25, -0.2) is 0 Å². The third kappa shape index (κ3) is 7.48. The maximum Gasteiger partial charge on any atom is 0.0461 e. The summed E-state index contributed by atoms with van der Waals surface area (Å²) in [6, 6.07) is 47.8. The molecule has 0 saturated carbocycles. The highest BCUT2D eigenvalue weighted by atomic mass is 15.1. The number of nitrogens with zero attached hydrogens (tertiary/aromatic N) is 1. The van der Waals surface area contributed by atoms with Crippen LogP contribution in [0.1, 0.15) is 47.4 Å². The van der Waals surface area contributed by atoms with E-state index in [4.69, 9.17) is 0 Å². The fourth-order valence-corrected chi connectivity index (χ4v) is 6.70. The van der Waals surface area contributed by atoms with Crippen molar-refractivity contribution in [1.29, 1.82) is 0 Å². The molecule has 0 bridgehead atoms. The quantitative estimate of drug-likeness (QED) is 0.139. The summed E-state index contributed by atoms with van der Waals surface area (Å²) in [5.74, 6) is 0.387. The largest absolute Gasteiger partial charge is 0.317 e. The van der Waals surface area contributed by atoms with Gasteiger partial charge in [-0.3, -0.25) is 0 Å². The fourth-order valence-electron chi connectivity index (χ4n) is 6.70. The molecule has 0 aromatic heterocycles. The summed E-state index contributed by atoms with van der Waals surface area (Å²) in [4.78, 5) is 2.27. The first-order chi connectivity index (χ1) is 24.3. The number of hydrogen-bond donors (Lipinski definition) is 0. The van der Waals surface area contributed by atoms with Crippen molar-refractivity contribution in [2.75, 3.05) is 4.90 Å². The lowest BCUT2D eigenvalue weighted by Gasteiger charge is -2.24. The lowest BCUT2D eigenvalue weighted by Crippen LogP contribution is -2.09. The minimum Gasteiger partial charge on any atom is -0.317 e. The molecule has 1 nitrogen and oxygen atoms in total. The van der Waals surface area contributed by atoms with Crippen LogP contribution in [0.3, 0.4) is 0 Å². The molecule has 0 fully saturated rings. The third-order valence-corrected chi connectivity index (χ3v) is 9.37. The van der Waals surface area contributed by atoms with E-state index in [2.05, 4.69) is 194 Å². The Kier molecular flexibility index (Phi) is 9.90. The van der Waals surface area contributed by atoms with Crippen LogP contribution in [0.4, 0.5) is 11.4 Å². The zero-order valence-electron chi connectivity index (χ0n) is 27.8. The summed E-state index contributed by atoms with van der Waals surface area (Å²) in [6.45, 7) is 4.07. The topological polar surface area (TPSA) is 3.24 Å². The summed E-state index contributed by atoms with van der Waals surface area (Å²) < 4.78 is 0. The molecule has 7 rings (SSSR count). The molecular weight excluding hydrogens is 591 g/mol. The Morgan fingerprint density at radius 3 is 2.12 bits per heavy atom. The van der Waals surface area contributed by atoms with E-state index in [9.17, 15) is 0 Å². The predicted molar refractivity (Wildman–Crippen MR) is 211 cm³/mol. The van der Waals surface area contributed by atoms with Crippen molar-refractivity contribution >= 4 is 28.1 Å². The number of para-hydroxylation sites is 1. The monoisotopic (exact) mass is 631 g/mol. The minimum atomic E-state index is 0.387. The molecule has 0 N–H and O–H groups in total. The summed E-state index contributed by atoms with van der Waals surface area (Å²) in [7, 11) is 0. The Morgan fingerprint density at radius 1 is 0.714 bits per heavy atom. The number of allylic oxidation sites excluding steroid dienone is 12. The van der Waals surface area contributed by atoms with E-state index in [1.54, 1.807) is 0 Å². The molecule has 0 saturated heterocycles. The molecule has 1 atom stereocenters. The summed E-state index contributed by atoms with van der Waals surface area (Å²) in [5, 5.41) is 0. The molecule has 5 aromatic rings. The van der Waals surface area contributed by atoms with Gasteiger partial charge in [0.25, 0.3) is 0 Å². The number of anilines is 2. The van der Waals surface area contributed by atoms with E-state index in [0.717, 1.165) is 41.8 Å². The maximum absolute atomic E-state index is 4.07. The van der Waals surface area contributed by atoms with Gasteiger partial charge in [-0.1, -0.05) is 164 Å². The molecule has 0 spiro atoms. The summed E-state index contributed by atoms with van der Waals surface area (Å²) >= 11 is 0. The number of benzene rings is 5. The highest BCUT2D eigenvalue weighted by Gasteiger charge is 2.17. The second-order valence-electron chi connectivity index (χ2n) is 12.5. The van der Waals surface area contributed by atoms with Gasteiger partial charge in [0.15, 0.2) is 0 Å². The van der Waals surface area contributed by atoms with Crippen molar-refractivity contribution in [3.63, 3.8) is 0 Å². The van der Waals surface area contributed by atoms with Crippen LogP contribution in [0.15, 0.2) is 201 Å². The van der Waals surface area contributed by atoms with E-state index in [1.165, 1.54) is 39.0 Å². The van der Waals surface area contributed by atoms with Crippen LogP contribution >= 0.6 is 0 Å². The third-order valence-electron chi connectivity index (χ3n) is 9.37. The normalized spacial score (nSPS) is 15.9. The lowest BCUT2D eigenvalue weighted by molar-refractivity contribution is 0.857. The average molecular weight is 632 g/mol. The first-order valence-corrected chi connectivity index (χ1v) is 17.2.